The molecule has 3 aromatic rings. The van der Waals surface area contributed by atoms with E-state index in [0.29, 0.717) is 4.88 Å². The Bertz CT molecular complexity index is 1120. The Kier molecular flexibility index (Phi) is 6.74. The summed E-state index contributed by atoms with van der Waals surface area (Å²) in [5.41, 5.74) is 4.46. The SMILES string of the molecule is CC(CC(=O)O)NC(=O)C(NC(=O)OCC1c2ccccc2-c2ccccc21)c1cccs1. The summed E-state index contributed by atoms with van der Waals surface area (Å²) in [4.78, 5) is 37.0. The number of benzene rings is 2. The number of ether oxygens (including phenoxy) is 1. The smallest absolute Gasteiger partial charge is 0.408 e. The molecule has 2 atom stereocenters. The number of amides is 2. The van der Waals surface area contributed by atoms with Crippen LogP contribution in [0.4, 0.5) is 4.79 Å². The molecule has 1 heterocycles. The van der Waals surface area contributed by atoms with Crippen molar-refractivity contribution in [3.8, 4) is 11.1 Å². The van der Waals surface area contributed by atoms with Gasteiger partial charge in [-0.25, -0.2) is 4.79 Å². The van der Waals surface area contributed by atoms with Crippen LogP contribution in [0.5, 0.6) is 0 Å². The maximum absolute atomic E-state index is 12.8. The first-order valence-electron chi connectivity index (χ1n) is 10.6. The lowest BCUT2D eigenvalue weighted by Gasteiger charge is -2.20. The van der Waals surface area contributed by atoms with Gasteiger partial charge in [-0.1, -0.05) is 54.6 Å². The van der Waals surface area contributed by atoms with Gasteiger partial charge in [0.2, 0.25) is 5.91 Å². The van der Waals surface area contributed by atoms with E-state index in [0.717, 1.165) is 22.3 Å². The van der Waals surface area contributed by atoms with Crippen LogP contribution in [0.25, 0.3) is 11.1 Å². The highest BCUT2D eigenvalue weighted by Gasteiger charge is 2.30. The third-order valence-electron chi connectivity index (χ3n) is 5.57. The van der Waals surface area contributed by atoms with Gasteiger partial charge in [-0.05, 0) is 40.6 Å². The van der Waals surface area contributed by atoms with Gasteiger partial charge in [0.1, 0.15) is 12.6 Å². The molecule has 0 saturated carbocycles. The van der Waals surface area contributed by atoms with Gasteiger partial charge >= 0.3 is 12.1 Å². The number of fused-ring (bicyclic) bond motifs is 3. The molecule has 0 bridgehead atoms. The molecule has 0 fully saturated rings. The summed E-state index contributed by atoms with van der Waals surface area (Å²) in [6.07, 6.45) is -0.926. The maximum atomic E-state index is 12.8. The Labute approximate surface area is 195 Å². The van der Waals surface area contributed by atoms with Crippen LogP contribution >= 0.6 is 11.3 Å². The molecule has 1 aliphatic carbocycles. The second-order valence-corrected chi connectivity index (χ2v) is 8.91. The largest absolute Gasteiger partial charge is 0.481 e. The number of alkyl carbamates (subject to hydrolysis) is 1. The highest BCUT2D eigenvalue weighted by Crippen LogP contribution is 2.44. The van der Waals surface area contributed by atoms with E-state index in [1.807, 2.05) is 36.4 Å². The zero-order valence-corrected chi connectivity index (χ0v) is 18.8. The van der Waals surface area contributed by atoms with Gasteiger partial charge in [-0.2, -0.15) is 0 Å². The first-order valence-corrected chi connectivity index (χ1v) is 11.5. The summed E-state index contributed by atoms with van der Waals surface area (Å²) in [5, 5.41) is 16.0. The van der Waals surface area contributed by atoms with Gasteiger partial charge in [-0.15, -0.1) is 11.3 Å². The summed E-state index contributed by atoms with van der Waals surface area (Å²) >= 11 is 1.32. The number of carboxylic acids is 1. The molecule has 0 spiro atoms. The molecular weight excluding hydrogens is 440 g/mol. The van der Waals surface area contributed by atoms with Crippen molar-refractivity contribution in [2.75, 3.05) is 6.61 Å². The molecule has 1 aliphatic rings. The summed E-state index contributed by atoms with van der Waals surface area (Å²) in [7, 11) is 0. The summed E-state index contributed by atoms with van der Waals surface area (Å²) < 4.78 is 5.57. The number of hydrogen-bond donors (Lipinski definition) is 3. The van der Waals surface area contributed by atoms with Crippen molar-refractivity contribution >= 4 is 29.3 Å². The normalized spacial score (nSPS) is 14.0. The van der Waals surface area contributed by atoms with Crippen molar-refractivity contribution < 1.29 is 24.2 Å². The molecular formula is C25H24N2O5S. The van der Waals surface area contributed by atoms with E-state index in [4.69, 9.17) is 9.84 Å². The topological polar surface area (TPSA) is 105 Å². The number of carboxylic acid groups (broad SMARTS) is 1. The van der Waals surface area contributed by atoms with Crippen molar-refractivity contribution in [1.82, 2.24) is 10.6 Å². The predicted octanol–water partition coefficient (Wildman–Crippen LogP) is 4.31. The van der Waals surface area contributed by atoms with Crippen LogP contribution in [0.2, 0.25) is 0 Å². The average molecular weight is 465 g/mol. The van der Waals surface area contributed by atoms with E-state index in [1.165, 1.54) is 11.3 Å². The zero-order chi connectivity index (χ0) is 23.4. The van der Waals surface area contributed by atoms with Gasteiger partial charge in [0.25, 0.3) is 0 Å². The lowest BCUT2D eigenvalue weighted by molar-refractivity contribution is -0.137. The van der Waals surface area contributed by atoms with Crippen LogP contribution < -0.4 is 10.6 Å². The minimum absolute atomic E-state index is 0.0900. The van der Waals surface area contributed by atoms with Gasteiger partial charge < -0.3 is 20.5 Å². The number of rotatable bonds is 8. The maximum Gasteiger partial charge on any atom is 0.408 e. The fourth-order valence-corrected chi connectivity index (χ4v) is 4.89. The minimum Gasteiger partial charge on any atom is -0.481 e. The Morgan fingerprint density at radius 3 is 2.18 bits per heavy atom. The highest BCUT2D eigenvalue weighted by molar-refractivity contribution is 7.10. The number of hydrogen-bond acceptors (Lipinski definition) is 5. The monoisotopic (exact) mass is 464 g/mol. The van der Waals surface area contributed by atoms with E-state index in [9.17, 15) is 14.4 Å². The van der Waals surface area contributed by atoms with Crippen molar-refractivity contribution in [3.05, 3.63) is 82.0 Å². The third kappa shape index (κ3) is 5.06. The van der Waals surface area contributed by atoms with Crippen LogP contribution in [-0.4, -0.2) is 35.7 Å². The molecule has 4 rings (SSSR count). The first-order chi connectivity index (χ1) is 15.9. The number of carbonyl (C=O) groups is 3. The van der Waals surface area contributed by atoms with Crippen LogP contribution in [0.15, 0.2) is 66.0 Å². The van der Waals surface area contributed by atoms with Gasteiger partial charge in [0.05, 0.1) is 6.42 Å². The Balaban J connectivity index is 1.44. The standard InChI is InChI=1S/C25H24N2O5S/c1-15(13-22(28)29)26-24(30)23(21-11-6-12-33-21)27-25(31)32-14-20-18-9-4-2-7-16(18)17-8-3-5-10-19(17)20/h2-12,15,20,23H,13-14H2,1H3,(H,26,30)(H,27,31)(H,28,29). The molecule has 0 saturated heterocycles. The molecule has 0 radical (unpaired) electrons. The van der Waals surface area contributed by atoms with E-state index < -0.39 is 30.1 Å². The summed E-state index contributed by atoms with van der Waals surface area (Å²) in [6.45, 7) is 1.73. The van der Waals surface area contributed by atoms with Crippen molar-refractivity contribution in [1.29, 1.82) is 0 Å². The lowest BCUT2D eigenvalue weighted by Crippen LogP contribution is -2.44. The fourth-order valence-electron chi connectivity index (χ4n) is 4.12. The quantitative estimate of drug-likeness (QED) is 0.461. The second-order valence-electron chi connectivity index (χ2n) is 7.93. The molecule has 2 amide bonds. The molecule has 0 aliphatic heterocycles. The molecule has 2 aromatic carbocycles. The number of nitrogens with one attached hydrogen (secondary N) is 2. The Morgan fingerprint density at radius 1 is 0.970 bits per heavy atom. The van der Waals surface area contributed by atoms with Crippen LogP contribution in [0.3, 0.4) is 0 Å². The average Bonchev–Trinajstić information content (AvgIpc) is 3.42. The summed E-state index contributed by atoms with van der Waals surface area (Å²) in [5.74, 6) is -1.59. The molecule has 1 aromatic heterocycles. The van der Waals surface area contributed by atoms with E-state index in [-0.39, 0.29) is 18.9 Å². The molecule has 7 nitrogen and oxygen atoms in total. The minimum atomic E-state index is -1.01. The van der Waals surface area contributed by atoms with Gasteiger partial charge in [-0.3, -0.25) is 9.59 Å². The number of aliphatic carboxylic acids is 1. The molecule has 3 N–H and O–H groups in total. The lowest BCUT2D eigenvalue weighted by atomic mass is 9.98. The van der Waals surface area contributed by atoms with E-state index in [1.54, 1.807) is 24.4 Å². The van der Waals surface area contributed by atoms with Gasteiger partial charge in [0, 0.05) is 16.8 Å². The molecule has 8 heteroatoms. The highest BCUT2D eigenvalue weighted by atomic mass is 32.1. The molecule has 170 valence electrons. The van der Waals surface area contributed by atoms with E-state index >= 15 is 0 Å². The Hall–Kier alpha value is -3.65. The van der Waals surface area contributed by atoms with Crippen LogP contribution in [-0.2, 0) is 14.3 Å². The number of carbonyl (C=O) groups excluding carboxylic acids is 2. The first kappa shape index (κ1) is 22.5. The Morgan fingerprint density at radius 2 is 1.61 bits per heavy atom. The summed E-state index contributed by atoms with van der Waals surface area (Å²) in [6, 6.07) is 18.1. The second kappa shape index (κ2) is 9.87. The zero-order valence-electron chi connectivity index (χ0n) is 18.0. The molecule has 2 unspecified atom stereocenters. The third-order valence-corrected chi connectivity index (χ3v) is 6.50. The van der Waals surface area contributed by atoms with E-state index in [2.05, 4.69) is 22.8 Å². The predicted molar refractivity (Wildman–Crippen MR) is 125 cm³/mol. The number of thiophene rings is 1. The van der Waals surface area contributed by atoms with Crippen molar-refractivity contribution in [2.45, 2.75) is 31.3 Å². The van der Waals surface area contributed by atoms with Crippen molar-refractivity contribution in [2.24, 2.45) is 0 Å². The van der Waals surface area contributed by atoms with Crippen LogP contribution in [0, 0.1) is 0 Å². The molecule has 33 heavy (non-hydrogen) atoms. The fraction of sp³-hybridized carbons (Fsp3) is 0.240. The van der Waals surface area contributed by atoms with Crippen molar-refractivity contribution in [3.63, 3.8) is 0 Å². The van der Waals surface area contributed by atoms with Crippen LogP contribution in [0.1, 0.15) is 41.3 Å². The van der Waals surface area contributed by atoms with Gasteiger partial charge in [0.15, 0.2) is 0 Å².